The molecular formula is C14H18N6O. The van der Waals surface area contributed by atoms with E-state index in [2.05, 4.69) is 25.5 Å². The second kappa shape index (κ2) is 5.90. The van der Waals surface area contributed by atoms with Gasteiger partial charge >= 0.3 is 0 Å². The fourth-order valence-corrected chi connectivity index (χ4v) is 2.61. The summed E-state index contributed by atoms with van der Waals surface area (Å²) in [6, 6.07) is 1.53. The maximum Gasteiger partial charge on any atom is 0.248 e. The van der Waals surface area contributed by atoms with Gasteiger partial charge < -0.3 is 10.2 Å². The molecule has 1 amide bonds. The van der Waals surface area contributed by atoms with Crippen LogP contribution in [0.3, 0.4) is 0 Å². The lowest BCUT2D eigenvalue weighted by Gasteiger charge is -2.23. The highest BCUT2D eigenvalue weighted by Gasteiger charge is 2.32. The Balaban J connectivity index is 1.75. The van der Waals surface area contributed by atoms with Crippen molar-refractivity contribution in [2.24, 2.45) is 0 Å². The van der Waals surface area contributed by atoms with Crippen LogP contribution in [0.4, 0.5) is 11.8 Å². The standard InChI is InChI=1S/C14H18N6O/c1-2-10-9-17-19-12(10)18-13(21)11-5-3-8-20(11)14-15-6-4-7-16-14/h4,6-7,9,11H,2-3,5,8H2,1H3,(H2,17,18,19,21). The fourth-order valence-electron chi connectivity index (χ4n) is 2.61. The fraction of sp³-hybridized carbons (Fsp3) is 0.429. The van der Waals surface area contributed by atoms with Crippen molar-refractivity contribution in [2.45, 2.75) is 32.2 Å². The van der Waals surface area contributed by atoms with Crippen molar-refractivity contribution >= 4 is 17.7 Å². The number of aromatic nitrogens is 4. The summed E-state index contributed by atoms with van der Waals surface area (Å²) in [6.07, 6.45) is 7.71. The minimum atomic E-state index is -0.236. The van der Waals surface area contributed by atoms with Gasteiger partial charge in [0.2, 0.25) is 11.9 Å². The first-order chi connectivity index (χ1) is 10.3. The summed E-state index contributed by atoms with van der Waals surface area (Å²) < 4.78 is 0. The number of H-pyrrole nitrogens is 1. The Morgan fingerprint density at radius 1 is 1.48 bits per heavy atom. The Kier molecular flexibility index (Phi) is 3.81. The quantitative estimate of drug-likeness (QED) is 0.886. The highest BCUT2D eigenvalue weighted by Crippen LogP contribution is 2.23. The highest BCUT2D eigenvalue weighted by atomic mass is 16.2. The van der Waals surface area contributed by atoms with Gasteiger partial charge in [-0.1, -0.05) is 6.92 Å². The number of nitrogens with zero attached hydrogens (tertiary/aromatic N) is 4. The Labute approximate surface area is 122 Å². The molecule has 0 radical (unpaired) electrons. The van der Waals surface area contributed by atoms with Crippen molar-refractivity contribution in [1.29, 1.82) is 0 Å². The number of hydrogen-bond acceptors (Lipinski definition) is 5. The SMILES string of the molecule is CCc1cn[nH]c1NC(=O)C1CCCN1c1ncccn1. The first-order valence-electron chi connectivity index (χ1n) is 7.16. The molecule has 1 unspecified atom stereocenters. The lowest BCUT2D eigenvalue weighted by atomic mass is 10.2. The van der Waals surface area contributed by atoms with Gasteiger partial charge in [0.05, 0.1) is 6.20 Å². The molecule has 1 atom stereocenters. The number of rotatable bonds is 4. The molecule has 1 aliphatic heterocycles. The molecule has 1 aliphatic rings. The van der Waals surface area contributed by atoms with Crippen molar-refractivity contribution in [3.63, 3.8) is 0 Å². The number of aryl methyl sites for hydroxylation is 1. The van der Waals surface area contributed by atoms with Gasteiger partial charge in [0.1, 0.15) is 11.9 Å². The molecule has 2 N–H and O–H groups in total. The molecule has 0 aromatic carbocycles. The normalized spacial score (nSPS) is 18.0. The Hall–Kier alpha value is -2.44. The van der Waals surface area contributed by atoms with E-state index in [-0.39, 0.29) is 11.9 Å². The van der Waals surface area contributed by atoms with E-state index < -0.39 is 0 Å². The molecule has 3 heterocycles. The minimum Gasteiger partial charge on any atom is -0.329 e. The van der Waals surface area contributed by atoms with Gasteiger partial charge in [-0.15, -0.1) is 0 Å². The predicted molar refractivity (Wildman–Crippen MR) is 79.0 cm³/mol. The van der Waals surface area contributed by atoms with Gasteiger partial charge in [-0.2, -0.15) is 5.10 Å². The van der Waals surface area contributed by atoms with Crippen LogP contribution in [-0.4, -0.2) is 38.7 Å². The third kappa shape index (κ3) is 2.72. The number of carbonyl (C=O) groups excluding carboxylic acids is 1. The Morgan fingerprint density at radius 2 is 2.29 bits per heavy atom. The van der Waals surface area contributed by atoms with Gasteiger partial charge in [0.25, 0.3) is 0 Å². The first-order valence-corrected chi connectivity index (χ1v) is 7.16. The molecule has 7 heteroatoms. The van der Waals surface area contributed by atoms with Crippen molar-refractivity contribution < 1.29 is 4.79 Å². The van der Waals surface area contributed by atoms with Crippen LogP contribution in [0.2, 0.25) is 0 Å². The zero-order valence-electron chi connectivity index (χ0n) is 11.9. The Bertz CT molecular complexity index is 611. The average Bonchev–Trinajstić information content (AvgIpc) is 3.16. The van der Waals surface area contributed by atoms with E-state index in [9.17, 15) is 4.79 Å². The van der Waals surface area contributed by atoms with Crippen LogP contribution in [-0.2, 0) is 11.2 Å². The van der Waals surface area contributed by atoms with E-state index in [1.54, 1.807) is 24.7 Å². The van der Waals surface area contributed by atoms with Crippen LogP contribution in [0.15, 0.2) is 24.7 Å². The van der Waals surface area contributed by atoms with E-state index in [0.29, 0.717) is 11.8 Å². The highest BCUT2D eigenvalue weighted by molar-refractivity contribution is 5.96. The summed E-state index contributed by atoms with van der Waals surface area (Å²) in [6.45, 7) is 2.83. The molecule has 7 nitrogen and oxygen atoms in total. The van der Waals surface area contributed by atoms with Gasteiger partial charge in [0.15, 0.2) is 0 Å². The largest absolute Gasteiger partial charge is 0.329 e. The molecule has 110 valence electrons. The Morgan fingerprint density at radius 3 is 3.05 bits per heavy atom. The molecule has 21 heavy (non-hydrogen) atoms. The molecule has 2 aromatic rings. The molecule has 1 saturated heterocycles. The number of carbonyl (C=O) groups is 1. The van der Waals surface area contributed by atoms with Crippen LogP contribution >= 0.6 is 0 Å². The van der Waals surface area contributed by atoms with Gasteiger partial charge in [-0.3, -0.25) is 9.89 Å². The zero-order valence-corrected chi connectivity index (χ0v) is 11.9. The smallest absolute Gasteiger partial charge is 0.248 e. The van der Waals surface area contributed by atoms with Gasteiger partial charge in [-0.25, -0.2) is 9.97 Å². The van der Waals surface area contributed by atoms with Crippen LogP contribution < -0.4 is 10.2 Å². The number of anilines is 2. The summed E-state index contributed by atoms with van der Waals surface area (Å²) >= 11 is 0. The summed E-state index contributed by atoms with van der Waals surface area (Å²) in [5.41, 5.74) is 1.00. The summed E-state index contributed by atoms with van der Waals surface area (Å²) in [4.78, 5) is 22.9. The lowest BCUT2D eigenvalue weighted by molar-refractivity contribution is -0.117. The monoisotopic (exact) mass is 286 g/mol. The molecule has 0 aliphatic carbocycles. The van der Waals surface area contributed by atoms with Crippen LogP contribution in [0.5, 0.6) is 0 Å². The second-order valence-electron chi connectivity index (χ2n) is 5.01. The van der Waals surface area contributed by atoms with E-state index in [1.807, 2.05) is 11.8 Å². The first kappa shape index (κ1) is 13.5. The van der Waals surface area contributed by atoms with Gasteiger partial charge in [0, 0.05) is 24.5 Å². The van der Waals surface area contributed by atoms with Crippen LogP contribution in [0, 0.1) is 0 Å². The molecular weight excluding hydrogens is 268 g/mol. The van der Waals surface area contributed by atoms with Crippen molar-refractivity contribution in [3.05, 3.63) is 30.2 Å². The van der Waals surface area contributed by atoms with E-state index in [1.165, 1.54) is 0 Å². The van der Waals surface area contributed by atoms with Crippen molar-refractivity contribution in [1.82, 2.24) is 20.2 Å². The second-order valence-corrected chi connectivity index (χ2v) is 5.01. The topological polar surface area (TPSA) is 86.8 Å². The molecule has 1 fully saturated rings. The number of amides is 1. The maximum atomic E-state index is 12.5. The summed E-state index contributed by atoms with van der Waals surface area (Å²) in [5, 5.41) is 9.73. The molecule has 0 bridgehead atoms. The molecule has 0 saturated carbocycles. The van der Waals surface area contributed by atoms with Crippen LogP contribution in [0.25, 0.3) is 0 Å². The molecule has 3 rings (SSSR count). The minimum absolute atomic E-state index is 0.0427. The van der Waals surface area contributed by atoms with E-state index >= 15 is 0 Å². The zero-order chi connectivity index (χ0) is 14.7. The van der Waals surface area contributed by atoms with E-state index in [0.717, 1.165) is 31.4 Å². The molecule has 0 spiro atoms. The lowest BCUT2D eigenvalue weighted by Crippen LogP contribution is -2.40. The molecule has 2 aromatic heterocycles. The van der Waals surface area contributed by atoms with Gasteiger partial charge in [-0.05, 0) is 25.3 Å². The third-order valence-electron chi connectivity index (χ3n) is 3.71. The maximum absolute atomic E-state index is 12.5. The van der Waals surface area contributed by atoms with Crippen LogP contribution in [0.1, 0.15) is 25.3 Å². The number of aromatic amines is 1. The average molecular weight is 286 g/mol. The van der Waals surface area contributed by atoms with Crippen molar-refractivity contribution in [2.75, 3.05) is 16.8 Å². The van der Waals surface area contributed by atoms with Crippen molar-refractivity contribution in [3.8, 4) is 0 Å². The van der Waals surface area contributed by atoms with E-state index in [4.69, 9.17) is 0 Å². The summed E-state index contributed by atoms with van der Waals surface area (Å²) in [5.74, 6) is 1.25. The summed E-state index contributed by atoms with van der Waals surface area (Å²) in [7, 11) is 0. The predicted octanol–water partition coefficient (Wildman–Crippen LogP) is 1.37. The third-order valence-corrected chi connectivity index (χ3v) is 3.71. The number of nitrogens with one attached hydrogen (secondary N) is 2. The number of hydrogen-bond donors (Lipinski definition) is 2.